The van der Waals surface area contributed by atoms with Crippen LogP contribution < -0.4 is 5.32 Å². The van der Waals surface area contributed by atoms with Crippen LogP contribution in [0.25, 0.3) is 6.08 Å². The standard InChI is InChI=1S/C13H17NO2/c1-10-4-6-11(7-5-10)8-12(9-14-2)13(15)16-3/h4-8,14H,9H2,1-3H3/b12-8+. The molecule has 0 aromatic heterocycles. The van der Waals surface area contributed by atoms with Crippen LogP contribution in [0, 0.1) is 6.92 Å². The minimum absolute atomic E-state index is 0.296. The summed E-state index contributed by atoms with van der Waals surface area (Å²) in [5, 5.41) is 2.95. The Morgan fingerprint density at radius 2 is 2.00 bits per heavy atom. The lowest BCUT2D eigenvalue weighted by Gasteiger charge is -2.04. The number of esters is 1. The first-order valence-electron chi connectivity index (χ1n) is 5.17. The molecular weight excluding hydrogens is 202 g/mol. The Hall–Kier alpha value is -1.61. The first-order chi connectivity index (χ1) is 7.67. The number of ether oxygens (including phenoxy) is 1. The Balaban J connectivity index is 2.92. The Kier molecular flexibility index (Phi) is 4.73. The highest BCUT2D eigenvalue weighted by Crippen LogP contribution is 2.09. The van der Waals surface area contributed by atoms with Gasteiger partial charge in [-0.3, -0.25) is 0 Å². The van der Waals surface area contributed by atoms with E-state index in [9.17, 15) is 4.79 Å². The molecule has 0 fully saturated rings. The number of rotatable bonds is 4. The molecule has 16 heavy (non-hydrogen) atoms. The number of carbonyl (C=O) groups excluding carboxylic acids is 1. The van der Waals surface area contributed by atoms with Crippen molar-refractivity contribution in [1.29, 1.82) is 0 Å². The molecule has 0 aliphatic rings. The molecule has 0 unspecified atom stereocenters. The lowest BCUT2D eigenvalue weighted by Crippen LogP contribution is -2.17. The third kappa shape index (κ3) is 3.51. The van der Waals surface area contributed by atoms with Crippen molar-refractivity contribution in [3.63, 3.8) is 0 Å². The predicted octanol–water partition coefficient (Wildman–Crippen LogP) is 1.77. The zero-order valence-electron chi connectivity index (χ0n) is 9.91. The Bertz CT molecular complexity index is 379. The maximum atomic E-state index is 11.4. The van der Waals surface area contributed by atoms with E-state index in [-0.39, 0.29) is 5.97 Å². The SMILES string of the molecule is CNC/C(=C\c1ccc(C)cc1)C(=O)OC. The normalized spacial score (nSPS) is 11.3. The maximum absolute atomic E-state index is 11.4. The molecule has 1 aromatic carbocycles. The van der Waals surface area contributed by atoms with Crippen molar-refractivity contribution in [3.05, 3.63) is 41.0 Å². The van der Waals surface area contributed by atoms with Crippen LogP contribution in [-0.4, -0.2) is 26.7 Å². The highest BCUT2D eigenvalue weighted by molar-refractivity contribution is 5.94. The number of methoxy groups -OCH3 is 1. The lowest BCUT2D eigenvalue weighted by atomic mass is 10.1. The molecule has 3 nitrogen and oxygen atoms in total. The monoisotopic (exact) mass is 219 g/mol. The predicted molar refractivity (Wildman–Crippen MR) is 65.1 cm³/mol. The van der Waals surface area contributed by atoms with Crippen LogP contribution in [0.15, 0.2) is 29.8 Å². The molecule has 0 amide bonds. The zero-order chi connectivity index (χ0) is 12.0. The van der Waals surface area contributed by atoms with Gasteiger partial charge in [-0.25, -0.2) is 4.79 Å². The van der Waals surface area contributed by atoms with Crippen molar-refractivity contribution in [1.82, 2.24) is 5.32 Å². The highest BCUT2D eigenvalue weighted by atomic mass is 16.5. The van der Waals surface area contributed by atoms with Gasteiger partial charge in [0, 0.05) is 6.54 Å². The molecule has 1 rings (SSSR count). The van der Waals surface area contributed by atoms with E-state index in [0.717, 1.165) is 5.56 Å². The molecule has 0 bridgehead atoms. The molecule has 0 aliphatic carbocycles. The van der Waals surface area contributed by atoms with Gasteiger partial charge < -0.3 is 10.1 Å². The van der Waals surface area contributed by atoms with E-state index in [4.69, 9.17) is 4.74 Å². The number of nitrogens with one attached hydrogen (secondary N) is 1. The fourth-order valence-corrected chi connectivity index (χ4v) is 1.37. The van der Waals surface area contributed by atoms with Gasteiger partial charge in [-0.2, -0.15) is 0 Å². The molecule has 3 heteroatoms. The molecule has 1 aromatic rings. The van der Waals surface area contributed by atoms with Gasteiger partial charge in [0.1, 0.15) is 0 Å². The molecule has 0 saturated carbocycles. The van der Waals surface area contributed by atoms with Crippen LogP contribution in [0.3, 0.4) is 0 Å². The van der Waals surface area contributed by atoms with E-state index < -0.39 is 0 Å². The van der Waals surface area contributed by atoms with E-state index in [2.05, 4.69) is 5.32 Å². The largest absolute Gasteiger partial charge is 0.466 e. The van der Waals surface area contributed by atoms with Gasteiger partial charge in [0.2, 0.25) is 0 Å². The summed E-state index contributed by atoms with van der Waals surface area (Å²) in [6.45, 7) is 2.53. The maximum Gasteiger partial charge on any atom is 0.335 e. The zero-order valence-corrected chi connectivity index (χ0v) is 9.91. The summed E-state index contributed by atoms with van der Waals surface area (Å²) >= 11 is 0. The van der Waals surface area contributed by atoms with Gasteiger partial charge in [0.15, 0.2) is 0 Å². The van der Waals surface area contributed by atoms with Gasteiger partial charge in [-0.1, -0.05) is 29.8 Å². The van der Waals surface area contributed by atoms with Crippen LogP contribution >= 0.6 is 0 Å². The number of likely N-dealkylation sites (N-methyl/N-ethyl adjacent to an activating group) is 1. The van der Waals surface area contributed by atoms with E-state index in [0.29, 0.717) is 12.1 Å². The average molecular weight is 219 g/mol. The summed E-state index contributed by atoms with van der Waals surface area (Å²) < 4.78 is 4.71. The summed E-state index contributed by atoms with van der Waals surface area (Å²) in [5.41, 5.74) is 2.82. The van der Waals surface area contributed by atoms with E-state index in [1.807, 2.05) is 37.3 Å². The minimum atomic E-state index is -0.296. The molecule has 0 saturated heterocycles. The highest BCUT2D eigenvalue weighted by Gasteiger charge is 2.07. The molecule has 0 radical (unpaired) electrons. The second-order valence-corrected chi connectivity index (χ2v) is 3.60. The van der Waals surface area contributed by atoms with Gasteiger partial charge in [-0.05, 0) is 25.6 Å². The van der Waals surface area contributed by atoms with Gasteiger partial charge in [0.25, 0.3) is 0 Å². The summed E-state index contributed by atoms with van der Waals surface area (Å²) in [5.74, 6) is -0.296. The van der Waals surface area contributed by atoms with Crippen molar-refractivity contribution >= 4 is 12.0 Å². The summed E-state index contributed by atoms with van der Waals surface area (Å²) in [6.07, 6.45) is 1.84. The van der Waals surface area contributed by atoms with E-state index in [1.165, 1.54) is 12.7 Å². The molecule has 0 atom stereocenters. The summed E-state index contributed by atoms with van der Waals surface area (Å²) in [7, 11) is 3.19. The Morgan fingerprint density at radius 3 is 2.50 bits per heavy atom. The second kappa shape index (κ2) is 6.08. The van der Waals surface area contributed by atoms with Gasteiger partial charge >= 0.3 is 5.97 Å². The van der Waals surface area contributed by atoms with E-state index in [1.54, 1.807) is 7.05 Å². The molecule has 0 spiro atoms. The van der Waals surface area contributed by atoms with Crippen molar-refractivity contribution in [2.75, 3.05) is 20.7 Å². The van der Waals surface area contributed by atoms with Gasteiger partial charge in [0.05, 0.1) is 12.7 Å². The van der Waals surface area contributed by atoms with Gasteiger partial charge in [-0.15, -0.1) is 0 Å². The first-order valence-corrected chi connectivity index (χ1v) is 5.17. The lowest BCUT2D eigenvalue weighted by molar-refractivity contribution is -0.136. The fourth-order valence-electron chi connectivity index (χ4n) is 1.37. The van der Waals surface area contributed by atoms with Crippen LogP contribution in [-0.2, 0) is 9.53 Å². The minimum Gasteiger partial charge on any atom is -0.466 e. The third-order valence-corrected chi connectivity index (χ3v) is 2.23. The molecular formula is C13H17NO2. The van der Waals surface area contributed by atoms with Crippen molar-refractivity contribution in [3.8, 4) is 0 Å². The molecule has 86 valence electrons. The first kappa shape index (κ1) is 12.5. The summed E-state index contributed by atoms with van der Waals surface area (Å²) in [6, 6.07) is 7.99. The average Bonchev–Trinajstić information content (AvgIpc) is 2.30. The van der Waals surface area contributed by atoms with Crippen molar-refractivity contribution in [2.45, 2.75) is 6.92 Å². The Labute approximate surface area is 96.1 Å². The number of carbonyl (C=O) groups is 1. The molecule has 1 N–H and O–H groups in total. The van der Waals surface area contributed by atoms with Crippen molar-refractivity contribution in [2.24, 2.45) is 0 Å². The molecule has 0 aliphatic heterocycles. The number of aryl methyl sites for hydroxylation is 1. The number of hydrogen-bond acceptors (Lipinski definition) is 3. The Morgan fingerprint density at radius 1 is 1.38 bits per heavy atom. The van der Waals surface area contributed by atoms with Crippen molar-refractivity contribution < 1.29 is 9.53 Å². The van der Waals surface area contributed by atoms with Crippen LogP contribution in [0.5, 0.6) is 0 Å². The van der Waals surface area contributed by atoms with Crippen LogP contribution in [0.2, 0.25) is 0 Å². The topological polar surface area (TPSA) is 38.3 Å². The summed E-state index contributed by atoms with van der Waals surface area (Å²) in [4.78, 5) is 11.4. The van der Waals surface area contributed by atoms with Crippen LogP contribution in [0.4, 0.5) is 0 Å². The molecule has 0 heterocycles. The quantitative estimate of drug-likeness (QED) is 0.619. The number of hydrogen-bond donors (Lipinski definition) is 1. The fraction of sp³-hybridized carbons (Fsp3) is 0.308. The second-order valence-electron chi connectivity index (χ2n) is 3.60. The number of benzene rings is 1. The van der Waals surface area contributed by atoms with Crippen LogP contribution in [0.1, 0.15) is 11.1 Å². The van der Waals surface area contributed by atoms with E-state index >= 15 is 0 Å². The smallest absolute Gasteiger partial charge is 0.335 e. The third-order valence-electron chi connectivity index (χ3n) is 2.23.